The summed E-state index contributed by atoms with van der Waals surface area (Å²) in [5.74, 6) is -0.209. The van der Waals surface area contributed by atoms with Gasteiger partial charge in [0.15, 0.2) is 0 Å². The standard InChI is InChI=1S/C14H22N2O/c1-11-6-5-7-12(2)13(11)10-16-9-4-3-8-14(15)17/h5-7,16H,3-4,8-10H2,1-2H3,(H2,15,17). The summed E-state index contributed by atoms with van der Waals surface area (Å²) in [5, 5.41) is 3.40. The Bertz CT molecular complexity index is 354. The molecule has 3 heteroatoms. The van der Waals surface area contributed by atoms with Gasteiger partial charge in [-0.2, -0.15) is 0 Å². The van der Waals surface area contributed by atoms with Crippen LogP contribution in [0.25, 0.3) is 0 Å². The number of nitrogens with two attached hydrogens (primary N) is 1. The molecule has 0 fully saturated rings. The predicted molar refractivity (Wildman–Crippen MR) is 70.7 cm³/mol. The molecule has 1 aromatic carbocycles. The number of aryl methyl sites for hydroxylation is 2. The van der Waals surface area contributed by atoms with Crippen molar-refractivity contribution in [2.75, 3.05) is 6.54 Å². The van der Waals surface area contributed by atoms with Crippen molar-refractivity contribution in [3.8, 4) is 0 Å². The van der Waals surface area contributed by atoms with Gasteiger partial charge in [0.05, 0.1) is 0 Å². The van der Waals surface area contributed by atoms with Gasteiger partial charge in [0.1, 0.15) is 0 Å². The third kappa shape index (κ3) is 5.00. The molecule has 3 nitrogen and oxygen atoms in total. The lowest BCUT2D eigenvalue weighted by molar-refractivity contribution is -0.118. The zero-order valence-corrected chi connectivity index (χ0v) is 10.8. The van der Waals surface area contributed by atoms with E-state index in [2.05, 4.69) is 37.4 Å². The van der Waals surface area contributed by atoms with Crippen molar-refractivity contribution in [3.63, 3.8) is 0 Å². The monoisotopic (exact) mass is 234 g/mol. The smallest absolute Gasteiger partial charge is 0.217 e. The molecule has 0 radical (unpaired) electrons. The molecule has 0 aliphatic rings. The van der Waals surface area contributed by atoms with Crippen molar-refractivity contribution in [1.29, 1.82) is 0 Å². The Hall–Kier alpha value is -1.35. The van der Waals surface area contributed by atoms with Gasteiger partial charge in [0, 0.05) is 13.0 Å². The van der Waals surface area contributed by atoms with Crippen LogP contribution in [0.1, 0.15) is 36.0 Å². The molecule has 1 aromatic rings. The normalized spacial score (nSPS) is 10.5. The van der Waals surface area contributed by atoms with E-state index in [0.717, 1.165) is 25.9 Å². The first-order valence-electron chi connectivity index (χ1n) is 6.15. The first-order chi connectivity index (χ1) is 8.11. The second-order valence-electron chi connectivity index (χ2n) is 4.47. The highest BCUT2D eigenvalue weighted by atomic mass is 16.1. The topological polar surface area (TPSA) is 55.1 Å². The summed E-state index contributed by atoms with van der Waals surface area (Å²) in [6.07, 6.45) is 2.36. The van der Waals surface area contributed by atoms with E-state index in [-0.39, 0.29) is 5.91 Å². The highest BCUT2D eigenvalue weighted by Gasteiger charge is 2.01. The third-order valence-electron chi connectivity index (χ3n) is 2.97. The average molecular weight is 234 g/mol. The zero-order valence-electron chi connectivity index (χ0n) is 10.8. The van der Waals surface area contributed by atoms with Crippen LogP contribution in [-0.2, 0) is 11.3 Å². The van der Waals surface area contributed by atoms with E-state index < -0.39 is 0 Å². The number of rotatable bonds is 7. The van der Waals surface area contributed by atoms with Gasteiger partial charge in [0.25, 0.3) is 0 Å². The van der Waals surface area contributed by atoms with Crippen molar-refractivity contribution in [1.82, 2.24) is 5.32 Å². The van der Waals surface area contributed by atoms with Crippen LogP contribution in [0.5, 0.6) is 0 Å². The third-order valence-corrected chi connectivity index (χ3v) is 2.97. The van der Waals surface area contributed by atoms with E-state index in [4.69, 9.17) is 5.73 Å². The van der Waals surface area contributed by atoms with Crippen molar-refractivity contribution in [2.24, 2.45) is 5.73 Å². The van der Waals surface area contributed by atoms with Crippen LogP contribution >= 0.6 is 0 Å². The largest absolute Gasteiger partial charge is 0.370 e. The fraction of sp³-hybridized carbons (Fsp3) is 0.500. The average Bonchev–Trinajstić information content (AvgIpc) is 2.26. The van der Waals surface area contributed by atoms with E-state index >= 15 is 0 Å². The molecule has 0 saturated carbocycles. The lowest BCUT2D eigenvalue weighted by Crippen LogP contribution is -2.17. The molecule has 0 saturated heterocycles. The first kappa shape index (κ1) is 13.7. The summed E-state index contributed by atoms with van der Waals surface area (Å²) in [4.78, 5) is 10.5. The highest BCUT2D eigenvalue weighted by Crippen LogP contribution is 2.12. The zero-order chi connectivity index (χ0) is 12.7. The lowest BCUT2D eigenvalue weighted by atomic mass is 10.0. The minimum absolute atomic E-state index is 0.209. The maximum Gasteiger partial charge on any atom is 0.217 e. The number of hydrogen-bond acceptors (Lipinski definition) is 2. The van der Waals surface area contributed by atoms with Crippen molar-refractivity contribution < 1.29 is 4.79 Å². The maximum atomic E-state index is 10.5. The van der Waals surface area contributed by atoms with E-state index in [1.165, 1.54) is 16.7 Å². The Morgan fingerprint density at radius 3 is 2.47 bits per heavy atom. The summed E-state index contributed by atoms with van der Waals surface area (Å²) in [6.45, 7) is 6.10. The number of primary amides is 1. The minimum atomic E-state index is -0.209. The number of hydrogen-bond donors (Lipinski definition) is 2. The second-order valence-corrected chi connectivity index (χ2v) is 4.47. The Morgan fingerprint density at radius 1 is 1.24 bits per heavy atom. The number of unbranched alkanes of at least 4 members (excludes halogenated alkanes) is 1. The fourth-order valence-electron chi connectivity index (χ4n) is 1.89. The van der Waals surface area contributed by atoms with Crippen LogP contribution in [-0.4, -0.2) is 12.5 Å². The first-order valence-corrected chi connectivity index (χ1v) is 6.15. The molecule has 94 valence electrons. The minimum Gasteiger partial charge on any atom is -0.370 e. The van der Waals surface area contributed by atoms with E-state index in [0.29, 0.717) is 6.42 Å². The molecule has 0 aliphatic carbocycles. The summed E-state index contributed by atoms with van der Waals surface area (Å²) < 4.78 is 0. The van der Waals surface area contributed by atoms with Gasteiger partial charge >= 0.3 is 0 Å². The molecule has 0 unspecified atom stereocenters. The fourth-order valence-corrected chi connectivity index (χ4v) is 1.89. The van der Waals surface area contributed by atoms with Gasteiger partial charge in [-0.25, -0.2) is 0 Å². The number of nitrogens with one attached hydrogen (secondary N) is 1. The Balaban J connectivity index is 2.24. The van der Waals surface area contributed by atoms with Crippen LogP contribution < -0.4 is 11.1 Å². The summed E-state index contributed by atoms with van der Waals surface area (Å²) >= 11 is 0. The molecule has 0 bridgehead atoms. The lowest BCUT2D eigenvalue weighted by Gasteiger charge is -2.10. The van der Waals surface area contributed by atoms with Gasteiger partial charge in [-0.15, -0.1) is 0 Å². The van der Waals surface area contributed by atoms with E-state index in [1.807, 2.05) is 0 Å². The Labute approximate surface area is 103 Å². The van der Waals surface area contributed by atoms with Gasteiger partial charge in [-0.3, -0.25) is 4.79 Å². The van der Waals surface area contributed by atoms with Crippen molar-refractivity contribution in [2.45, 2.75) is 39.7 Å². The van der Waals surface area contributed by atoms with Gasteiger partial charge in [-0.05, 0) is 49.9 Å². The summed E-state index contributed by atoms with van der Waals surface area (Å²) in [6, 6.07) is 6.36. The molecule has 17 heavy (non-hydrogen) atoms. The van der Waals surface area contributed by atoms with Gasteiger partial charge in [0.2, 0.25) is 5.91 Å². The Morgan fingerprint density at radius 2 is 1.88 bits per heavy atom. The van der Waals surface area contributed by atoms with Crippen molar-refractivity contribution in [3.05, 3.63) is 34.9 Å². The highest BCUT2D eigenvalue weighted by molar-refractivity contribution is 5.73. The molecular weight excluding hydrogens is 212 g/mol. The number of amides is 1. The molecule has 1 rings (SSSR count). The molecule has 1 amide bonds. The molecule has 3 N–H and O–H groups in total. The number of benzene rings is 1. The quantitative estimate of drug-likeness (QED) is 0.709. The summed E-state index contributed by atoms with van der Waals surface area (Å²) in [5.41, 5.74) is 9.11. The number of carbonyl (C=O) groups excluding carboxylic acids is 1. The Kier molecular flexibility index (Phi) is 5.70. The van der Waals surface area contributed by atoms with Crippen molar-refractivity contribution >= 4 is 5.91 Å². The van der Waals surface area contributed by atoms with Gasteiger partial charge in [-0.1, -0.05) is 18.2 Å². The van der Waals surface area contributed by atoms with Crippen LogP contribution in [0.3, 0.4) is 0 Å². The SMILES string of the molecule is Cc1cccc(C)c1CNCCCCC(N)=O. The van der Waals surface area contributed by atoms with Gasteiger partial charge < -0.3 is 11.1 Å². The molecular formula is C14H22N2O. The van der Waals surface area contributed by atoms with Crippen LogP contribution in [0.2, 0.25) is 0 Å². The van der Waals surface area contributed by atoms with Crippen LogP contribution in [0, 0.1) is 13.8 Å². The van der Waals surface area contributed by atoms with Crippen LogP contribution in [0.15, 0.2) is 18.2 Å². The molecule has 0 atom stereocenters. The molecule has 0 aromatic heterocycles. The van der Waals surface area contributed by atoms with E-state index in [1.54, 1.807) is 0 Å². The molecule has 0 aliphatic heterocycles. The molecule has 0 heterocycles. The van der Waals surface area contributed by atoms with Crippen LogP contribution in [0.4, 0.5) is 0 Å². The summed E-state index contributed by atoms with van der Waals surface area (Å²) in [7, 11) is 0. The second kappa shape index (κ2) is 7.07. The predicted octanol–water partition coefficient (Wildman–Crippen LogP) is 2.05. The van der Waals surface area contributed by atoms with E-state index in [9.17, 15) is 4.79 Å². The molecule has 0 spiro atoms. The maximum absolute atomic E-state index is 10.5. The number of carbonyl (C=O) groups is 1.